The maximum atomic E-state index is 12.5. The van der Waals surface area contributed by atoms with Gasteiger partial charge in [-0.15, -0.1) is 0 Å². The van der Waals surface area contributed by atoms with Gasteiger partial charge in [-0.3, -0.25) is 4.79 Å². The zero-order chi connectivity index (χ0) is 21.7. The highest BCUT2D eigenvalue weighted by molar-refractivity contribution is 6.30. The van der Waals surface area contributed by atoms with Crippen molar-refractivity contribution >= 4 is 23.4 Å². The number of benzene rings is 3. The third-order valence-corrected chi connectivity index (χ3v) is 4.83. The summed E-state index contributed by atoms with van der Waals surface area (Å²) in [5.41, 5.74) is 1.95. The number of halogens is 1. The molecule has 4 nitrogen and oxygen atoms in total. The number of esters is 1. The van der Waals surface area contributed by atoms with E-state index >= 15 is 0 Å². The highest BCUT2D eigenvalue weighted by Gasteiger charge is 2.32. The Labute approximate surface area is 181 Å². The predicted octanol–water partition coefficient (Wildman–Crippen LogP) is 5.78. The molecule has 0 unspecified atom stereocenters. The third kappa shape index (κ3) is 5.49. The molecule has 0 spiro atoms. The Morgan fingerprint density at radius 2 is 1.37 bits per heavy atom. The molecule has 3 rings (SSSR count). The molecule has 0 amide bonds. The van der Waals surface area contributed by atoms with E-state index in [-0.39, 0.29) is 12.4 Å². The Balaban J connectivity index is 1.61. The number of aryl methyl sites for hydroxylation is 1. The van der Waals surface area contributed by atoms with E-state index in [4.69, 9.17) is 21.1 Å². The largest absolute Gasteiger partial charge is 0.476 e. The van der Waals surface area contributed by atoms with E-state index in [0.717, 1.165) is 11.1 Å². The first kappa shape index (κ1) is 21.6. The van der Waals surface area contributed by atoms with E-state index in [1.165, 1.54) is 0 Å². The van der Waals surface area contributed by atoms with E-state index in [2.05, 4.69) is 0 Å². The Kier molecular flexibility index (Phi) is 6.58. The van der Waals surface area contributed by atoms with Gasteiger partial charge in [0.1, 0.15) is 12.4 Å². The molecule has 0 saturated heterocycles. The first-order chi connectivity index (χ1) is 14.2. The van der Waals surface area contributed by atoms with Crippen molar-refractivity contribution in [1.29, 1.82) is 0 Å². The molecule has 0 aliphatic rings. The topological polar surface area (TPSA) is 52.6 Å². The number of rotatable bonds is 7. The second-order valence-corrected chi connectivity index (χ2v) is 7.97. The van der Waals surface area contributed by atoms with Gasteiger partial charge in [0.25, 0.3) is 0 Å². The number of carbonyl (C=O) groups is 2. The summed E-state index contributed by atoms with van der Waals surface area (Å²) in [5.74, 6) is -0.112. The zero-order valence-electron chi connectivity index (χ0n) is 17.1. The fourth-order valence-corrected chi connectivity index (χ4v) is 2.91. The molecule has 0 radical (unpaired) electrons. The van der Waals surface area contributed by atoms with Crippen LogP contribution >= 0.6 is 11.6 Å². The molecule has 0 saturated carbocycles. The molecule has 5 heteroatoms. The average Bonchev–Trinajstić information content (AvgIpc) is 2.73. The maximum absolute atomic E-state index is 12.5. The van der Waals surface area contributed by atoms with Crippen molar-refractivity contribution in [2.24, 2.45) is 0 Å². The van der Waals surface area contributed by atoms with Gasteiger partial charge in [-0.25, -0.2) is 4.79 Å². The number of carbonyl (C=O) groups excluding carboxylic acids is 2. The van der Waals surface area contributed by atoms with Crippen LogP contribution in [-0.4, -0.2) is 17.4 Å². The summed E-state index contributed by atoms with van der Waals surface area (Å²) in [7, 11) is 0. The van der Waals surface area contributed by atoms with Crippen molar-refractivity contribution in [2.45, 2.75) is 33.0 Å². The first-order valence-corrected chi connectivity index (χ1v) is 9.94. The van der Waals surface area contributed by atoms with Crippen molar-refractivity contribution in [2.75, 3.05) is 0 Å². The van der Waals surface area contributed by atoms with Crippen molar-refractivity contribution in [3.63, 3.8) is 0 Å². The molecule has 0 aromatic heterocycles. The fourth-order valence-electron chi connectivity index (χ4n) is 2.79. The first-order valence-electron chi connectivity index (χ1n) is 9.57. The molecule has 3 aromatic carbocycles. The van der Waals surface area contributed by atoms with Gasteiger partial charge >= 0.3 is 5.97 Å². The second kappa shape index (κ2) is 9.14. The summed E-state index contributed by atoms with van der Waals surface area (Å²) in [4.78, 5) is 25.0. The number of ether oxygens (including phenoxy) is 2. The summed E-state index contributed by atoms with van der Waals surface area (Å²) in [6.45, 7) is 5.48. The lowest BCUT2D eigenvalue weighted by Gasteiger charge is -2.24. The number of hydrogen-bond acceptors (Lipinski definition) is 4. The maximum Gasteiger partial charge on any atom is 0.350 e. The van der Waals surface area contributed by atoms with E-state index in [9.17, 15) is 9.59 Å². The van der Waals surface area contributed by atoms with Crippen LogP contribution in [0.3, 0.4) is 0 Å². The van der Waals surface area contributed by atoms with Crippen molar-refractivity contribution in [1.82, 2.24) is 0 Å². The summed E-state index contributed by atoms with van der Waals surface area (Å²) in [6, 6.07) is 21.2. The molecule has 0 fully saturated rings. The highest BCUT2D eigenvalue weighted by atomic mass is 35.5. The zero-order valence-corrected chi connectivity index (χ0v) is 17.9. The molecule has 0 aliphatic carbocycles. The van der Waals surface area contributed by atoms with Crippen molar-refractivity contribution in [3.8, 4) is 5.75 Å². The van der Waals surface area contributed by atoms with E-state index in [0.29, 0.717) is 21.9 Å². The highest BCUT2D eigenvalue weighted by Crippen LogP contribution is 2.22. The van der Waals surface area contributed by atoms with Crippen molar-refractivity contribution in [3.05, 3.63) is 100 Å². The van der Waals surface area contributed by atoms with Crippen LogP contribution < -0.4 is 4.74 Å². The van der Waals surface area contributed by atoms with Crippen LogP contribution in [0.2, 0.25) is 5.02 Å². The molecule has 3 aromatic rings. The minimum absolute atomic E-state index is 0.116. The average molecular weight is 423 g/mol. The molecule has 30 heavy (non-hydrogen) atoms. The van der Waals surface area contributed by atoms with Gasteiger partial charge in [-0.2, -0.15) is 0 Å². The molecule has 154 valence electrons. The van der Waals surface area contributed by atoms with Crippen LogP contribution in [0, 0.1) is 6.92 Å². The Morgan fingerprint density at radius 1 is 0.833 bits per heavy atom. The van der Waals surface area contributed by atoms with E-state index in [1.54, 1.807) is 62.4 Å². The van der Waals surface area contributed by atoms with Crippen molar-refractivity contribution < 1.29 is 19.1 Å². The number of ketones is 1. The van der Waals surface area contributed by atoms with Gasteiger partial charge in [0, 0.05) is 16.1 Å². The lowest BCUT2D eigenvalue weighted by Crippen LogP contribution is -2.39. The Morgan fingerprint density at radius 3 is 1.93 bits per heavy atom. The Bertz CT molecular complexity index is 1020. The summed E-state index contributed by atoms with van der Waals surface area (Å²) in [6.07, 6.45) is 0. The fraction of sp³-hybridized carbons (Fsp3) is 0.200. The van der Waals surface area contributed by atoms with Gasteiger partial charge in [-0.1, -0.05) is 41.4 Å². The normalized spacial score (nSPS) is 11.1. The molecule has 0 N–H and O–H groups in total. The quantitative estimate of drug-likeness (QED) is 0.357. The van der Waals surface area contributed by atoms with E-state index < -0.39 is 11.6 Å². The molecule has 0 bridgehead atoms. The number of hydrogen-bond donors (Lipinski definition) is 0. The van der Waals surface area contributed by atoms with Crippen LogP contribution in [0.5, 0.6) is 5.75 Å². The Hall–Kier alpha value is -3.11. The second-order valence-electron chi connectivity index (χ2n) is 7.53. The minimum atomic E-state index is -1.17. The summed E-state index contributed by atoms with van der Waals surface area (Å²) >= 11 is 5.87. The minimum Gasteiger partial charge on any atom is -0.476 e. The SMILES string of the molecule is Cc1ccc(COC(=O)C(C)(C)Oc2ccc(C(=O)c3ccc(Cl)cc3)cc2)cc1. The molecule has 0 atom stereocenters. The lowest BCUT2D eigenvalue weighted by atomic mass is 10.0. The van der Waals surface area contributed by atoms with Gasteiger partial charge < -0.3 is 9.47 Å². The third-order valence-electron chi connectivity index (χ3n) is 4.58. The standard InChI is InChI=1S/C25H23ClO4/c1-17-4-6-18(7-5-17)16-29-24(28)25(2,3)30-22-14-10-20(11-15-22)23(27)19-8-12-21(26)13-9-19/h4-15H,16H2,1-3H3. The molecular weight excluding hydrogens is 400 g/mol. The summed E-state index contributed by atoms with van der Waals surface area (Å²) < 4.78 is 11.2. The molecular formula is C25H23ClO4. The van der Waals surface area contributed by atoms with Gasteiger partial charge in [-0.05, 0) is 74.9 Å². The van der Waals surface area contributed by atoms with Gasteiger partial charge in [0.2, 0.25) is 0 Å². The van der Waals surface area contributed by atoms with Crippen LogP contribution in [0.25, 0.3) is 0 Å². The van der Waals surface area contributed by atoms with Crippen LogP contribution in [0.4, 0.5) is 0 Å². The monoisotopic (exact) mass is 422 g/mol. The molecule has 0 aliphatic heterocycles. The smallest absolute Gasteiger partial charge is 0.350 e. The molecule has 0 heterocycles. The lowest BCUT2D eigenvalue weighted by molar-refractivity contribution is -0.160. The van der Waals surface area contributed by atoms with Crippen LogP contribution in [0.15, 0.2) is 72.8 Å². The predicted molar refractivity (Wildman–Crippen MR) is 117 cm³/mol. The van der Waals surface area contributed by atoms with Gasteiger partial charge in [0.15, 0.2) is 11.4 Å². The van der Waals surface area contributed by atoms with Crippen LogP contribution in [0.1, 0.15) is 40.9 Å². The summed E-state index contributed by atoms with van der Waals surface area (Å²) in [5, 5.41) is 0.576. The van der Waals surface area contributed by atoms with Crippen LogP contribution in [-0.2, 0) is 16.1 Å². The van der Waals surface area contributed by atoms with Gasteiger partial charge in [0.05, 0.1) is 0 Å². The van der Waals surface area contributed by atoms with E-state index in [1.807, 2.05) is 31.2 Å².